The van der Waals surface area contributed by atoms with Crippen molar-refractivity contribution in [3.8, 4) is 0 Å². The fourth-order valence-electron chi connectivity index (χ4n) is 1.97. The van der Waals surface area contributed by atoms with Gasteiger partial charge in [0.25, 0.3) is 0 Å². The highest BCUT2D eigenvalue weighted by Crippen LogP contribution is 2.12. The van der Waals surface area contributed by atoms with Crippen LogP contribution < -0.4 is 5.32 Å². The van der Waals surface area contributed by atoms with Crippen LogP contribution in [0.3, 0.4) is 0 Å². The predicted molar refractivity (Wildman–Crippen MR) is 81.6 cm³/mol. The van der Waals surface area contributed by atoms with Crippen molar-refractivity contribution in [1.29, 1.82) is 0 Å². The standard InChI is InChI=1S/C16H24N2O2/c1-4-7-8-13-9-11-14(12-10-13)17-15(19)16(20)18(5-2)6-3/h9-12H,4-8H2,1-3H3,(H,17,19). The van der Waals surface area contributed by atoms with E-state index in [9.17, 15) is 9.59 Å². The van der Waals surface area contributed by atoms with Gasteiger partial charge in [-0.05, 0) is 44.4 Å². The molecule has 1 rings (SSSR count). The van der Waals surface area contributed by atoms with Gasteiger partial charge in [0.05, 0.1) is 0 Å². The first kappa shape index (κ1) is 16.2. The first-order valence-corrected chi connectivity index (χ1v) is 7.31. The zero-order chi connectivity index (χ0) is 15.0. The van der Waals surface area contributed by atoms with Gasteiger partial charge < -0.3 is 10.2 Å². The summed E-state index contributed by atoms with van der Waals surface area (Å²) >= 11 is 0. The molecule has 0 spiro atoms. The number of hydrogen-bond acceptors (Lipinski definition) is 2. The van der Waals surface area contributed by atoms with Crippen molar-refractivity contribution in [3.63, 3.8) is 0 Å². The average molecular weight is 276 g/mol. The Balaban J connectivity index is 2.59. The van der Waals surface area contributed by atoms with Gasteiger partial charge in [-0.2, -0.15) is 0 Å². The van der Waals surface area contributed by atoms with E-state index in [-0.39, 0.29) is 0 Å². The number of carbonyl (C=O) groups is 2. The summed E-state index contributed by atoms with van der Waals surface area (Å²) in [6.45, 7) is 6.96. The van der Waals surface area contributed by atoms with Gasteiger partial charge in [0.15, 0.2) is 0 Å². The monoisotopic (exact) mass is 276 g/mol. The number of aryl methyl sites for hydroxylation is 1. The first-order valence-electron chi connectivity index (χ1n) is 7.31. The van der Waals surface area contributed by atoms with Gasteiger partial charge in [-0.15, -0.1) is 0 Å². The maximum atomic E-state index is 11.8. The molecule has 110 valence electrons. The molecule has 0 aromatic heterocycles. The second kappa shape index (κ2) is 8.35. The molecule has 1 aromatic carbocycles. The van der Waals surface area contributed by atoms with Crippen LogP contribution in [-0.2, 0) is 16.0 Å². The van der Waals surface area contributed by atoms with Crippen molar-refractivity contribution in [3.05, 3.63) is 29.8 Å². The molecule has 0 unspecified atom stereocenters. The highest BCUT2D eigenvalue weighted by molar-refractivity contribution is 6.39. The molecule has 1 N–H and O–H groups in total. The van der Waals surface area contributed by atoms with Crippen LogP contribution in [0.1, 0.15) is 39.2 Å². The Hall–Kier alpha value is -1.84. The van der Waals surface area contributed by atoms with E-state index in [2.05, 4.69) is 12.2 Å². The normalized spacial score (nSPS) is 10.2. The van der Waals surface area contributed by atoms with E-state index in [0.717, 1.165) is 19.3 Å². The molecular formula is C16H24N2O2. The number of rotatable bonds is 6. The number of carbonyl (C=O) groups excluding carboxylic acids is 2. The lowest BCUT2D eigenvalue weighted by Gasteiger charge is -2.17. The van der Waals surface area contributed by atoms with E-state index in [4.69, 9.17) is 0 Å². The minimum atomic E-state index is -0.574. The lowest BCUT2D eigenvalue weighted by molar-refractivity contribution is -0.142. The summed E-state index contributed by atoms with van der Waals surface area (Å²) < 4.78 is 0. The molecule has 20 heavy (non-hydrogen) atoms. The van der Waals surface area contributed by atoms with Crippen molar-refractivity contribution in [2.45, 2.75) is 40.0 Å². The number of nitrogens with zero attached hydrogens (tertiary/aromatic N) is 1. The maximum absolute atomic E-state index is 11.8. The van der Waals surface area contributed by atoms with Gasteiger partial charge in [0.1, 0.15) is 0 Å². The minimum absolute atomic E-state index is 0.481. The third-order valence-electron chi connectivity index (χ3n) is 3.28. The van der Waals surface area contributed by atoms with Gasteiger partial charge in [-0.3, -0.25) is 9.59 Å². The van der Waals surface area contributed by atoms with E-state index in [1.54, 1.807) is 0 Å². The zero-order valence-corrected chi connectivity index (χ0v) is 12.6. The van der Waals surface area contributed by atoms with Crippen LogP contribution in [0.15, 0.2) is 24.3 Å². The predicted octanol–water partition coefficient (Wildman–Crippen LogP) is 2.84. The molecule has 4 heteroatoms. The molecule has 0 aliphatic carbocycles. The molecule has 0 bridgehead atoms. The van der Waals surface area contributed by atoms with Gasteiger partial charge in [-0.25, -0.2) is 0 Å². The SMILES string of the molecule is CCCCc1ccc(NC(=O)C(=O)N(CC)CC)cc1. The van der Waals surface area contributed by atoms with Gasteiger partial charge in [-0.1, -0.05) is 25.5 Å². The Morgan fingerprint density at radius 2 is 1.65 bits per heavy atom. The molecule has 0 fully saturated rings. The summed E-state index contributed by atoms with van der Waals surface area (Å²) in [6, 6.07) is 7.68. The quantitative estimate of drug-likeness (QED) is 0.812. The maximum Gasteiger partial charge on any atom is 0.313 e. The van der Waals surface area contributed by atoms with Crippen molar-refractivity contribution in [2.24, 2.45) is 0 Å². The molecule has 0 atom stereocenters. The number of amides is 2. The molecule has 4 nitrogen and oxygen atoms in total. The summed E-state index contributed by atoms with van der Waals surface area (Å²) in [4.78, 5) is 25.2. The van der Waals surface area contributed by atoms with E-state index in [1.807, 2.05) is 38.1 Å². The van der Waals surface area contributed by atoms with Crippen molar-refractivity contribution in [1.82, 2.24) is 4.90 Å². The summed E-state index contributed by atoms with van der Waals surface area (Å²) in [6.07, 6.45) is 3.37. The largest absolute Gasteiger partial charge is 0.335 e. The summed E-state index contributed by atoms with van der Waals surface area (Å²) in [5.41, 5.74) is 1.91. The number of likely N-dealkylation sites (N-methyl/N-ethyl adjacent to an activating group) is 1. The number of anilines is 1. The van der Waals surface area contributed by atoms with E-state index in [1.165, 1.54) is 10.5 Å². The summed E-state index contributed by atoms with van der Waals surface area (Å²) in [5, 5.41) is 2.64. The van der Waals surface area contributed by atoms with E-state index in [0.29, 0.717) is 18.8 Å². The van der Waals surface area contributed by atoms with Crippen molar-refractivity contribution < 1.29 is 9.59 Å². The Bertz CT molecular complexity index is 436. The van der Waals surface area contributed by atoms with Crippen molar-refractivity contribution in [2.75, 3.05) is 18.4 Å². The van der Waals surface area contributed by atoms with Crippen LogP contribution in [-0.4, -0.2) is 29.8 Å². The fourth-order valence-corrected chi connectivity index (χ4v) is 1.97. The molecule has 0 saturated heterocycles. The second-order valence-corrected chi connectivity index (χ2v) is 4.73. The Morgan fingerprint density at radius 1 is 1.05 bits per heavy atom. The third kappa shape index (κ3) is 4.68. The van der Waals surface area contributed by atoms with E-state index >= 15 is 0 Å². The van der Waals surface area contributed by atoms with Crippen LogP contribution in [0.5, 0.6) is 0 Å². The van der Waals surface area contributed by atoms with Crippen LogP contribution in [0.25, 0.3) is 0 Å². The Kier molecular flexibility index (Phi) is 6.77. The highest BCUT2D eigenvalue weighted by Gasteiger charge is 2.19. The molecule has 0 radical (unpaired) electrons. The van der Waals surface area contributed by atoms with Crippen molar-refractivity contribution >= 4 is 17.5 Å². The molecule has 0 heterocycles. The molecule has 1 aromatic rings. The molecule has 2 amide bonds. The topological polar surface area (TPSA) is 49.4 Å². The van der Waals surface area contributed by atoms with Crippen LogP contribution in [0, 0.1) is 0 Å². The number of benzene rings is 1. The molecular weight excluding hydrogens is 252 g/mol. The van der Waals surface area contributed by atoms with Gasteiger partial charge in [0.2, 0.25) is 0 Å². The Morgan fingerprint density at radius 3 is 2.15 bits per heavy atom. The first-order chi connectivity index (χ1) is 9.62. The fraction of sp³-hybridized carbons (Fsp3) is 0.500. The number of unbranched alkanes of at least 4 members (excludes halogenated alkanes) is 1. The van der Waals surface area contributed by atoms with Crippen LogP contribution in [0.4, 0.5) is 5.69 Å². The molecule has 0 saturated carbocycles. The summed E-state index contributed by atoms with van der Waals surface area (Å²) in [7, 11) is 0. The second-order valence-electron chi connectivity index (χ2n) is 4.73. The van der Waals surface area contributed by atoms with Crippen LogP contribution >= 0.6 is 0 Å². The molecule has 0 aliphatic rings. The summed E-state index contributed by atoms with van der Waals surface area (Å²) in [5.74, 6) is -1.06. The number of hydrogen-bond donors (Lipinski definition) is 1. The third-order valence-corrected chi connectivity index (χ3v) is 3.28. The Labute approximate surface area is 121 Å². The average Bonchev–Trinajstić information content (AvgIpc) is 2.47. The highest BCUT2D eigenvalue weighted by atomic mass is 16.2. The number of nitrogens with one attached hydrogen (secondary N) is 1. The van der Waals surface area contributed by atoms with Crippen LogP contribution in [0.2, 0.25) is 0 Å². The molecule has 0 aliphatic heterocycles. The minimum Gasteiger partial charge on any atom is -0.335 e. The van der Waals surface area contributed by atoms with Gasteiger partial charge >= 0.3 is 11.8 Å². The van der Waals surface area contributed by atoms with Gasteiger partial charge in [0, 0.05) is 18.8 Å². The smallest absolute Gasteiger partial charge is 0.313 e. The van der Waals surface area contributed by atoms with E-state index < -0.39 is 11.8 Å². The lowest BCUT2D eigenvalue weighted by Crippen LogP contribution is -2.39. The zero-order valence-electron chi connectivity index (χ0n) is 12.6. The lowest BCUT2D eigenvalue weighted by atomic mass is 10.1.